The minimum atomic E-state index is -1.50. The van der Waals surface area contributed by atoms with Crippen LogP contribution in [0.1, 0.15) is 26.2 Å². The summed E-state index contributed by atoms with van der Waals surface area (Å²) in [6.45, 7) is 9.80. The Morgan fingerprint density at radius 1 is 1.27 bits per heavy atom. The van der Waals surface area contributed by atoms with E-state index in [-0.39, 0.29) is 11.2 Å². The predicted molar refractivity (Wildman–Crippen MR) is 62.5 cm³/mol. The molecule has 1 saturated heterocycles. The maximum absolute atomic E-state index is 10.9. The zero-order valence-electron chi connectivity index (χ0n) is 10.3. The van der Waals surface area contributed by atoms with Gasteiger partial charge in [0.05, 0.1) is 13.2 Å². The monoisotopic (exact) mass is 230 g/mol. The van der Waals surface area contributed by atoms with E-state index in [1.807, 2.05) is 0 Å². The van der Waals surface area contributed by atoms with Crippen LogP contribution >= 0.6 is 0 Å². The van der Waals surface area contributed by atoms with Gasteiger partial charge in [0, 0.05) is 6.42 Å². The summed E-state index contributed by atoms with van der Waals surface area (Å²) in [6.07, 6.45) is 2.38. The molecule has 1 aliphatic heterocycles. The molecule has 88 valence electrons. The van der Waals surface area contributed by atoms with Crippen molar-refractivity contribution < 1.29 is 14.3 Å². The second-order valence-corrected chi connectivity index (χ2v) is 10.5. The van der Waals surface area contributed by atoms with E-state index in [2.05, 4.69) is 19.6 Å². The third-order valence-electron chi connectivity index (χ3n) is 2.93. The first-order valence-corrected chi connectivity index (χ1v) is 9.15. The molecular weight excluding hydrogens is 208 g/mol. The van der Waals surface area contributed by atoms with Gasteiger partial charge < -0.3 is 14.3 Å². The molecule has 0 saturated carbocycles. The first-order chi connectivity index (χ1) is 6.87. The van der Waals surface area contributed by atoms with E-state index in [0.717, 1.165) is 12.8 Å². The van der Waals surface area contributed by atoms with E-state index >= 15 is 0 Å². The highest BCUT2D eigenvalue weighted by Gasteiger charge is 2.47. The molecule has 1 heterocycles. The quantitative estimate of drug-likeness (QED) is 0.680. The number of rotatable bonds is 5. The fraction of sp³-hybridized carbons (Fsp3) is 0.909. The summed E-state index contributed by atoms with van der Waals surface area (Å²) in [5.41, 5.74) is -0.345. The summed E-state index contributed by atoms with van der Waals surface area (Å²) in [7, 11) is -1.50. The van der Waals surface area contributed by atoms with Gasteiger partial charge in [0.15, 0.2) is 5.41 Å². The Bertz CT molecular complexity index is 226. The van der Waals surface area contributed by atoms with Crippen molar-refractivity contribution in [3.05, 3.63) is 0 Å². The number of ether oxygens (including phenoxy) is 2. The van der Waals surface area contributed by atoms with Gasteiger partial charge in [-0.1, -0.05) is 19.6 Å². The van der Waals surface area contributed by atoms with E-state index in [1.54, 1.807) is 6.92 Å². The van der Waals surface area contributed by atoms with Gasteiger partial charge in [0.25, 0.3) is 0 Å². The van der Waals surface area contributed by atoms with Crippen molar-refractivity contribution in [3.63, 3.8) is 0 Å². The largest absolute Gasteiger partial charge is 0.351 e. The molecular formula is C11H22O3Si. The van der Waals surface area contributed by atoms with Gasteiger partial charge in [0.1, 0.15) is 13.9 Å². The molecule has 0 bridgehead atoms. The molecule has 0 atom stereocenters. The molecule has 0 aliphatic carbocycles. The molecule has 0 amide bonds. The first kappa shape index (κ1) is 12.9. The maximum atomic E-state index is 10.9. The van der Waals surface area contributed by atoms with Crippen LogP contribution in [0, 0.1) is 0 Å². The molecule has 0 aromatic heterocycles. The highest BCUT2D eigenvalue weighted by Crippen LogP contribution is 2.34. The fourth-order valence-corrected chi connectivity index (χ4v) is 3.97. The van der Waals surface area contributed by atoms with E-state index < -0.39 is 8.07 Å². The second kappa shape index (κ2) is 4.76. The smallest absolute Gasteiger partial charge is 0.151 e. The average Bonchev–Trinajstić information content (AvgIpc) is 2.51. The molecule has 0 spiro atoms. The lowest BCUT2D eigenvalue weighted by atomic mass is 10.2. The summed E-state index contributed by atoms with van der Waals surface area (Å²) >= 11 is 0. The second-order valence-electron chi connectivity index (χ2n) is 5.26. The Morgan fingerprint density at radius 2 is 1.80 bits per heavy atom. The van der Waals surface area contributed by atoms with Crippen LogP contribution < -0.4 is 0 Å². The number of hydrogen-bond acceptors (Lipinski definition) is 3. The summed E-state index contributed by atoms with van der Waals surface area (Å²) in [4.78, 5) is 10.9. The highest BCUT2D eigenvalue weighted by atomic mass is 28.3. The first-order valence-electron chi connectivity index (χ1n) is 5.65. The van der Waals surface area contributed by atoms with Crippen LogP contribution in [0.25, 0.3) is 0 Å². The van der Waals surface area contributed by atoms with Crippen molar-refractivity contribution in [2.75, 3.05) is 13.2 Å². The van der Waals surface area contributed by atoms with Gasteiger partial charge in [-0.25, -0.2) is 0 Å². The summed E-state index contributed by atoms with van der Waals surface area (Å²) < 4.78 is 11.6. The van der Waals surface area contributed by atoms with E-state index in [0.29, 0.717) is 19.6 Å². The Morgan fingerprint density at radius 3 is 2.20 bits per heavy atom. The molecule has 0 unspecified atom stereocenters. The van der Waals surface area contributed by atoms with Gasteiger partial charge >= 0.3 is 0 Å². The number of ketones is 1. The molecule has 0 radical (unpaired) electrons. The highest BCUT2D eigenvalue weighted by molar-refractivity contribution is 6.78. The lowest BCUT2D eigenvalue weighted by molar-refractivity contribution is -0.119. The Hall–Kier alpha value is -0.193. The Balaban J connectivity index is 2.55. The van der Waals surface area contributed by atoms with Gasteiger partial charge in [-0.15, -0.1) is 0 Å². The number of carbonyl (C=O) groups is 1. The van der Waals surface area contributed by atoms with Crippen molar-refractivity contribution >= 4 is 13.9 Å². The van der Waals surface area contributed by atoms with Gasteiger partial charge in [-0.3, -0.25) is 0 Å². The van der Waals surface area contributed by atoms with E-state index in [9.17, 15) is 4.79 Å². The lowest BCUT2D eigenvalue weighted by Crippen LogP contribution is -2.53. The number of hydrogen-bond donors (Lipinski definition) is 0. The normalized spacial score (nSPS) is 20.5. The third kappa shape index (κ3) is 3.13. The molecule has 4 heteroatoms. The van der Waals surface area contributed by atoms with Crippen molar-refractivity contribution in [3.8, 4) is 0 Å². The van der Waals surface area contributed by atoms with Crippen molar-refractivity contribution in [2.45, 2.75) is 51.2 Å². The minimum Gasteiger partial charge on any atom is -0.351 e. The van der Waals surface area contributed by atoms with Crippen molar-refractivity contribution in [1.82, 2.24) is 0 Å². The van der Waals surface area contributed by atoms with Crippen molar-refractivity contribution in [1.29, 1.82) is 0 Å². The SMILES string of the molecule is CC(=O)CCCC1([Si](C)(C)C)OCCO1. The average molecular weight is 230 g/mol. The van der Waals surface area contributed by atoms with Gasteiger partial charge in [-0.2, -0.15) is 0 Å². The number of carbonyl (C=O) groups excluding carboxylic acids is 1. The zero-order valence-corrected chi connectivity index (χ0v) is 11.3. The molecule has 0 aromatic carbocycles. The molecule has 0 N–H and O–H groups in total. The van der Waals surface area contributed by atoms with Gasteiger partial charge in [0.2, 0.25) is 0 Å². The van der Waals surface area contributed by atoms with Gasteiger partial charge in [-0.05, 0) is 19.8 Å². The van der Waals surface area contributed by atoms with Crippen LogP contribution in [-0.4, -0.2) is 32.5 Å². The van der Waals surface area contributed by atoms with Crippen LogP contribution in [0.3, 0.4) is 0 Å². The minimum absolute atomic E-state index is 0.249. The summed E-state index contributed by atoms with van der Waals surface area (Å²) in [5.74, 6) is 0.249. The topological polar surface area (TPSA) is 35.5 Å². The summed E-state index contributed by atoms with van der Waals surface area (Å²) in [6, 6.07) is 0. The zero-order chi connectivity index (χ0) is 11.5. The fourth-order valence-electron chi connectivity index (χ4n) is 1.98. The predicted octanol–water partition coefficient (Wildman–Crippen LogP) is 2.37. The molecule has 1 rings (SSSR count). The maximum Gasteiger partial charge on any atom is 0.151 e. The van der Waals surface area contributed by atoms with E-state index in [4.69, 9.17) is 9.47 Å². The molecule has 15 heavy (non-hydrogen) atoms. The van der Waals surface area contributed by atoms with E-state index in [1.165, 1.54) is 0 Å². The number of Topliss-reactive ketones (excluding diaryl/α,β-unsaturated/α-hetero) is 1. The molecule has 1 fully saturated rings. The van der Waals surface area contributed by atoms with Crippen LogP contribution in [0.15, 0.2) is 0 Å². The lowest BCUT2D eigenvalue weighted by Gasteiger charge is -2.38. The molecule has 3 nitrogen and oxygen atoms in total. The van der Waals surface area contributed by atoms with Crippen LogP contribution in [-0.2, 0) is 14.3 Å². The van der Waals surface area contributed by atoms with Crippen LogP contribution in [0.5, 0.6) is 0 Å². The Labute approximate surface area is 93.2 Å². The molecule has 1 aliphatic rings. The van der Waals surface area contributed by atoms with Crippen LogP contribution in [0.2, 0.25) is 19.6 Å². The third-order valence-corrected chi connectivity index (χ3v) is 5.76. The Kier molecular flexibility index (Phi) is 4.09. The van der Waals surface area contributed by atoms with Crippen LogP contribution in [0.4, 0.5) is 0 Å². The summed E-state index contributed by atoms with van der Waals surface area (Å²) in [5, 5.41) is 0. The van der Waals surface area contributed by atoms with Crippen molar-refractivity contribution in [2.24, 2.45) is 0 Å². The molecule has 0 aromatic rings. The standard InChI is InChI=1S/C11H22O3Si/c1-10(12)6-5-7-11(15(2,3)4)13-8-9-14-11/h5-9H2,1-4H3.